The van der Waals surface area contributed by atoms with Crippen molar-refractivity contribution in [2.24, 2.45) is 0 Å². The molecule has 0 saturated heterocycles. The summed E-state index contributed by atoms with van der Waals surface area (Å²) in [6.45, 7) is 0. The number of thiazole rings is 1. The minimum absolute atomic E-state index is 0.254. The summed E-state index contributed by atoms with van der Waals surface area (Å²) in [5.74, 6) is 1.13. The van der Waals surface area contributed by atoms with Crippen molar-refractivity contribution in [1.29, 1.82) is 0 Å². The van der Waals surface area contributed by atoms with Gasteiger partial charge in [0, 0.05) is 17.4 Å². The van der Waals surface area contributed by atoms with Crippen LogP contribution in [0.15, 0.2) is 47.8 Å². The van der Waals surface area contributed by atoms with Gasteiger partial charge in [0.25, 0.3) is 0 Å². The zero-order chi connectivity index (χ0) is 16.2. The second-order valence-electron chi connectivity index (χ2n) is 4.97. The Morgan fingerprint density at radius 3 is 2.57 bits per heavy atom. The lowest BCUT2D eigenvalue weighted by atomic mass is 10.1. The normalized spacial score (nSPS) is 10.6. The van der Waals surface area contributed by atoms with E-state index < -0.39 is 0 Å². The van der Waals surface area contributed by atoms with E-state index in [1.807, 2.05) is 29.6 Å². The molecule has 0 bridgehead atoms. The molecule has 118 valence electrons. The summed E-state index contributed by atoms with van der Waals surface area (Å²) < 4.78 is 24.4. The first-order valence-electron chi connectivity index (χ1n) is 7.11. The van der Waals surface area contributed by atoms with E-state index in [1.54, 1.807) is 26.4 Å². The fourth-order valence-electron chi connectivity index (χ4n) is 2.35. The second-order valence-corrected chi connectivity index (χ2v) is 5.92. The molecule has 3 aromatic rings. The largest absolute Gasteiger partial charge is 0.493 e. The number of rotatable bonds is 5. The average molecular weight is 329 g/mol. The van der Waals surface area contributed by atoms with E-state index in [4.69, 9.17) is 9.47 Å². The molecule has 5 heteroatoms. The molecule has 0 aliphatic heterocycles. The van der Waals surface area contributed by atoms with Gasteiger partial charge in [0.2, 0.25) is 0 Å². The summed E-state index contributed by atoms with van der Waals surface area (Å²) in [5, 5.41) is 2.81. The summed E-state index contributed by atoms with van der Waals surface area (Å²) >= 11 is 1.52. The van der Waals surface area contributed by atoms with Crippen LogP contribution in [0.2, 0.25) is 0 Å². The van der Waals surface area contributed by atoms with E-state index in [1.165, 1.54) is 17.4 Å². The number of aromatic nitrogens is 1. The van der Waals surface area contributed by atoms with Crippen LogP contribution in [-0.2, 0) is 6.42 Å². The number of hydrogen-bond acceptors (Lipinski definition) is 4. The minimum atomic E-state index is -0.254. The van der Waals surface area contributed by atoms with Gasteiger partial charge in [0.1, 0.15) is 5.82 Å². The molecule has 0 fully saturated rings. The zero-order valence-corrected chi connectivity index (χ0v) is 13.7. The van der Waals surface area contributed by atoms with Crippen molar-refractivity contribution in [3.8, 4) is 22.8 Å². The molecular formula is C18H16FNO2S. The lowest BCUT2D eigenvalue weighted by Crippen LogP contribution is -1.93. The molecule has 23 heavy (non-hydrogen) atoms. The summed E-state index contributed by atoms with van der Waals surface area (Å²) in [6.07, 6.45) is 0.666. The van der Waals surface area contributed by atoms with Crippen molar-refractivity contribution in [3.63, 3.8) is 0 Å². The van der Waals surface area contributed by atoms with Crippen molar-refractivity contribution >= 4 is 11.3 Å². The predicted molar refractivity (Wildman–Crippen MR) is 89.9 cm³/mol. The zero-order valence-electron chi connectivity index (χ0n) is 12.9. The van der Waals surface area contributed by atoms with Gasteiger partial charge in [-0.25, -0.2) is 9.37 Å². The molecule has 0 atom stereocenters. The highest BCUT2D eigenvalue weighted by atomic mass is 32.1. The van der Waals surface area contributed by atoms with Crippen molar-refractivity contribution < 1.29 is 13.9 Å². The maximum atomic E-state index is 13.8. The third kappa shape index (κ3) is 3.35. The highest BCUT2D eigenvalue weighted by molar-refractivity contribution is 7.10. The Balaban J connectivity index is 1.83. The summed E-state index contributed by atoms with van der Waals surface area (Å²) in [4.78, 5) is 4.54. The Morgan fingerprint density at radius 2 is 1.83 bits per heavy atom. The Morgan fingerprint density at radius 1 is 1.04 bits per heavy atom. The van der Waals surface area contributed by atoms with E-state index in [2.05, 4.69) is 4.98 Å². The predicted octanol–water partition coefficient (Wildman–Crippen LogP) is 4.56. The van der Waals surface area contributed by atoms with Gasteiger partial charge in [-0.1, -0.05) is 18.2 Å². The maximum absolute atomic E-state index is 13.8. The lowest BCUT2D eigenvalue weighted by Gasteiger charge is -2.08. The molecule has 0 saturated carbocycles. The molecule has 3 nitrogen and oxygen atoms in total. The number of hydrogen-bond donors (Lipinski definition) is 0. The van der Waals surface area contributed by atoms with Crippen molar-refractivity contribution in [2.45, 2.75) is 6.42 Å². The lowest BCUT2D eigenvalue weighted by molar-refractivity contribution is 0.354. The van der Waals surface area contributed by atoms with E-state index >= 15 is 0 Å². The maximum Gasteiger partial charge on any atom is 0.160 e. The topological polar surface area (TPSA) is 31.4 Å². The van der Waals surface area contributed by atoms with Crippen LogP contribution in [-0.4, -0.2) is 19.2 Å². The van der Waals surface area contributed by atoms with Crippen LogP contribution < -0.4 is 9.47 Å². The van der Waals surface area contributed by atoms with Crippen LogP contribution in [0, 0.1) is 5.82 Å². The standard InChI is InChI=1S/C18H16FNO2S/c1-21-16-8-7-12(9-17(16)22-2)10-18-20-15(11-23-18)13-5-3-4-6-14(13)19/h3-9,11H,10H2,1-2H3. The minimum Gasteiger partial charge on any atom is -0.493 e. The van der Waals surface area contributed by atoms with Crippen molar-refractivity contribution in [1.82, 2.24) is 4.98 Å². The molecule has 2 aromatic carbocycles. The van der Waals surface area contributed by atoms with Gasteiger partial charge in [0.05, 0.1) is 24.9 Å². The van der Waals surface area contributed by atoms with E-state index in [0.717, 1.165) is 10.6 Å². The first kappa shape index (κ1) is 15.5. The quantitative estimate of drug-likeness (QED) is 0.688. The van der Waals surface area contributed by atoms with E-state index in [9.17, 15) is 4.39 Å². The van der Waals surface area contributed by atoms with Crippen molar-refractivity contribution in [3.05, 3.63) is 64.2 Å². The fourth-order valence-corrected chi connectivity index (χ4v) is 3.18. The molecular weight excluding hydrogens is 313 g/mol. The molecule has 0 spiro atoms. The van der Waals surface area contributed by atoms with Gasteiger partial charge >= 0.3 is 0 Å². The van der Waals surface area contributed by atoms with Gasteiger partial charge in [-0.15, -0.1) is 11.3 Å². The van der Waals surface area contributed by atoms with Gasteiger partial charge in [-0.05, 0) is 29.8 Å². The first-order valence-corrected chi connectivity index (χ1v) is 7.99. The molecule has 3 rings (SSSR count). The SMILES string of the molecule is COc1ccc(Cc2nc(-c3ccccc3F)cs2)cc1OC. The van der Waals surface area contributed by atoms with Crippen LogP contribution >= 0.6 is 11.3 Å². The molecule has 0 N–H and O–H groups in total. The number of ether oxygens (including phenoxy) is 2. The average Bonchev–Trinajstić information content (AvgIpc) is 3.03. The Hall–Kier alpha value is -2.40. The first-order chi connectivity index (χ1) is 11.2. The Kier molecular flexibility index (Phi) is 4.57. The van der Waals surface area contributed by atoms with Gasteiger partial charge in [-0.2, -0.15) is 0 Å². The summed E-state index contributed by atoms with van der Waals surface area (Å²) in [6, 6.07) is 12.5. The monoisotopic (exact) mass is 329 g/mol. The second kappa shape index (κ2) is 6.79. The molecule has 0 aliphatic carbocycles. The molecule has 0 aliphatic rings. The van der Waals surface area contributed by atoms with E-state index in [-0.39, 0.29) is 5.82 Å². The van der Waals surface area contributed by atoms with Crippen LogP contribution in [0.3, 0.4) is 0 Å². The number of methoxy groups -OCH3 is 2. The summed E-state index contributed by atoms with van der Waals surface area (Å²) in [7, 11) is 3.22. The molecule has 1 heterocycles. The van der Waals surface area contributed by atoms with Crippen molar-refractivity contribution in [2.75, 3.05) is 14.2 Å². The summed E-state index contributed by atoms with van der Waals surface area (Å²) in [5.41, 5.74) is 2.27. The third-order valence-corrected chi connectivity index (χ3v) is 4.35. The highest BCUT2D eigenvalue weighted by Gasteiger charge is 2.10. The molecule has 0 unspecified atom stereocenters. The Bertz CT molecular complexity index is 816. The Labute approximate surface area is 138 Å². The number of halogens is 1. The van der Waals surface area contributed by atoms with Gasteiger partial charge < -0.3 is 9.47 Å². The highest BCUT2D eigenvalue weighted by Crippen LogP contribution is 2.30. The van der Waals surface area contributed by atoms with Gasteiger partial charge in [0.15, 0.2) is 11.5 Å². The smallest absolute Gasteiger partial charge is 0.160 e. The van der Waals surface area contributed by atoms with Gasteiger partial charge in [-0.3, -0.25) is 0 Å². The molecule has 1 aromatic heterocycles. The third-order valence-electron chi connectivity index (χ3n) is 3.50. The van der Waals surface area contributed by atoms with Crippen LogP contribution in [0.25, 0.3) is 11.3 Å². The fraction of sp³-hybridized carbons (Fsp3) is 0.167. The van der Waals surface area contributed by atoms with Crippen LogP contribution in [0.1, 0.15) is 10.6 Å². The number of nitrogens with zero attached hydrogens (tertiary/aromatic N) is 1. The van der Waals surface area contributed by atoms with Crippen LogP contribution in [0.4, 0.5) is 4.39 Å². The molecule has 0 amide bonds. The van der Waals surface area contributed by atoms with E-state index in [0.29, 0.717) is 29.2 Å². The van der Waals surface area contributed by atoms with Crippen LogP contribution in [0.5, 0.6) is 11.5 Å². The number of benzene rings is 2. The molecule has 0 radical (unpaired) electrons.